The molecule has 0 aromatic heterocycles. The molecule has 1 aliphatic rings. The first kappa shape index (κ1) is 26.4. The molecule has 4 rings (SSSR count). The largest absolute Gasteiger partial charge is 0.497 e. The normalized spacial score (nSPS) is 17.9. The van der Waals surface area contributed by atoms with Crippen molar-refractivity contribution in [2.24, 2.45) is 5.73 Å². The minimum Gasteiger partial charge on any atom is -0.497 e. The van der Waals surface area contributed by atoms with Crippen molar-refractivity contribution in [3.05, 3.63) is 71.8 Å². The van der Waals surface area contributed by atoms with E-state index in [1.807, 2.05) is 65.6 Å². The van der Waals surface area contributed by atoms with Crippen molar-refractivity contribution < 1.29 is 19.1 Å². The van der Waals surface area contributed by atoms with Crippen LogP contribution in [0.15, 0.2) is 60.7 Å². The van der Waals surface area contributed by atoms with Gasteiger partial charge in [0.1, 0.15) is 11.5 Å². The third-order valence-corrected chi connectivity index (χ3v) is 6.80. The molecule has 2 amide bonds. The number of amides is 2. The van der Waals surface area contributed by atoms with Crippen molar-refractivity contribution in [3.63, 3.8) is 0 Å². The van der Waals surface area contributed by atoms with Crippen molar-refractivity contribution >= 4 is 22.6 Å². The first-order valence-corrected chi connectivity index (χ1v) is 12.7. The van der Waals surface area contributed by atoms with Crippen molar-refractivity contribution in [2.45, 2.75) is 37.9 Å². The van der Waals surface area contributed by atoms with Gasteiger partial charge in [0, 0.05) is 37.3 Å². The van der Waals surface area contributed by atoms with E-state index in [1.165, 1.54) is 0 Å². The van der Waals surface area contributed by atoms with Gasteiger partial charge in [-0.2, -0.15) is 0 Å². The van der Waals surface area contributed by atoms with Gasteiger partial charge < -0.3 is 30.7 Å². The average Bonchev–Trinajstić information content (AvgIpc) is 3.08. The summed E-state index contributed by atoms with van der Waals surface area (Å²) in [5.74, 6) is 1.29. The summed E-state index contributed by atoms with van der Waals surface area (Å²) in [7, 11) is 3.22. The maximum atomic E-state index is 13.5. The average molecular weight is 505 g/mol. The maximum Gasteiger partial charge on any atom is 0.251 e. The molecule has 1 fully saturated rings. The van der Waals surface area contributed by atoms with Crippen molar-refractivity contribution in [3.8, 4) is 11.5 Å². The molecule has 0 aliphatic carbocycles. The Kier molecular flexibility index (Phi) is 8.98. The van der Waals surface area contributed by atoms with Crippen LogP contribution in [0.3, 0.4) is 0 Å². The molecule has 3 aromatic rings. The molecule has 8 nitrogen and oxygen atoms in total. The Labute approximate surface area is 218 Å². The van der Waals surface area contributed by atoms with Gasteiger partial charge in [0.05, 0.1) is 20.3 Å². The zero-order valence-corrected chi connectivity index (χ0v) is 21.5. The number of rotatable bonds is 10. The summed E-state index contributed by atoms with van der Waals surface area (Å²) in [6.07, 6.45) is 2.09. The lowest BCUT2D eigenvalue weighted by Gasteiger charge is -2.25. The van der Waals surface area contributed by atoms with Gasteiger partial charge in [-0.3, -0.25) is 9.59 Å². The van der Waals surface area contributed by atoms with E-state index in [1.54, 1.807) is 14.2 Å². The number of carbonyl (C=O) groups is 2. The SMILES string of the molecule is COc1cc(CN2CC[C@H](CNC(=O)c3ccc4ccccc4c3)N[C@H](CCCN)C2=O)cc(OC)c1. The van der Waals surface area contributed by atoms with Crippen LogP contribution in [0.25, 0.3) is 10.8 Å². The number of hydrogen-bond donors (Lipinski definition) is 3. The van der Waals surface area contributed by atoms with E-state index in [2.05, 4.69) is 10.6 Å². The Morgan fingerprint density at radius 2 is 1.78 bits per heavy atom. The second-order valence-electron chi connectivity index (χ2n) is 9.39. The van der Waals surface area contributed by atoms with Crippen LogP contribution in [0.5, 0.6) is 11.5 Å². The molecule has 3 aromatic carbocycles. The van der Waals surface area contributed by atoms with E-state index < -0.39 is 0 Å². The zero-order chi connectivity index (χ0) is 26.2. The first-order chi connectivity index (χ1) is 18.0. The second-order valence-corrected chi connectivity index (χ2v) is 9.39. The lowest BCUT2D eigenvalue weighted by atomic mass is 10.1. The molecule has 0 radical (unpaired) electrons. The van der Waals surface area contributed by atoms with Gasteiger partial charge in [-0.1, -0.05) is 30.3 Å². The fourth-order valence-corrected chi connectivity index (χ4v) is 4.75. The molecule has 0 saturated carbocycles. The molecule has 1 heterocycles. The van der Waals surface area contributed by atoms with Crippen LogP contribution in [0, 0.1) is 0 Å². The summed E-state index contributed by atoms with van der Waals surface area (Å²) in [5, 5.41) is 8.67. The predicted octanol–water partition coefficient (Wildman–Crippen LogP) is 3.09. The highest BCUT2D eigenvalue weighted by Crippen LogP contribution is 2.24. The van der Waals surface area contributed by atoms with Crippen LogP contribution in [0.2, 0.25) is 0 Å². The molecule has 196 valence electrons. The highest BCUT2D eigenvalue weighted by Gasteiger charge is 2.30. The molecular formula is C29H36N4O4. The Morgan fingerprint density at radius 3 is 2.49 bits per heavy atom. The zero-order valence-electron chi connectivity index (χ0n) is 21.5. The number of fused-ring (bicyclic) bond motifs is 1. The Balaban J connectivity index is 1.44. The number of nitrogens with zero attached hydrogens (tertiary/aromatic N) is 1. The molecule has 0 bridgehead atoms. The van der Waals surface area contributed by atoms with Gasteiger partial charge in [0.15, 0.2) is 0 Å². The van der Waals surface area contributed by atoms with Gasteiger partial charge in [0.25, 0.3) is 5.91 Å². The number of nitrogens with one attached hydrogen (secondary N) is 2. The van der Waals surface area contributed by atoms with Crippen LogP contribution in [0.1, 0.15) is 35.2 Å². The van der Waals surface area contributed by atoms with Crippen molar-refractivity contribution in [2.75, 3.05) is 33.9 Å². The van der Waals surface area contributed by atoms with E-state index in [0.717, 1.165) is 22.8 Å². The van der Waals surface area contributed by atoms with Gasteiger partial charge in [0.2, 0.25) is 5.91 Å². The number of nitrogens with two attached hydrogens (primary N) is 1. The molecule has 2 atom stereocenters. The first-order valence-electron chi connectivity index (χ1n) is 12.7. The summed E-state index contributed by atoms with van der Waals surface area (Å²) in [6, 6.07) is 18.9. The van der Waals surface area contributed by atoms with E-state index in [0.29, 0.717) is 56.1 Å². The topological polar surface area (TPSA) is 106 Å². The number of benzene rings is 3. The highest BCUT2D eigenvalue weighted by atomic mass is 16.5. The van der Waals surface area contributed by atoms with Crippen molar-refractivity contribution in [1.29, 1.82) is 0 Å². The number of ether oxygens (including phenoxy) is 2. The summed E-state index contributed by atoms with van der Waals surface area (Å²) in [5.41, 5.74) is 7.31. The molecule has 8 heteroatoms. The van der Waals surface area contributed by atoms with E-state index >= 15 is 0 Å². The second kappa shape index (κ2) is 12.6. The number of carbonyl (C=O) groups excluding carboxylic acids is 2. The van der Waals surface area contributed by atoms with Crippen LogP contribution in [-0.4, -0.2) is 62.7 Å². The Morgan fingerprint density at radius 1 is 1.05 bits per heavy atom. The summed E-state index contributed by atoms with van der Waals surface area (Å²) >= 11 is 0. The Bertz CT molecular complexity index is 1210. The monoisotopic (exact) mass is 504 g/mol. The molecule has 0 spiro atoms. The fraction of sp³-hybridized carbons (Fsp3) is 0.379. The van der Waals surface area contributed by atoms with Gasteiger partial charge in [-0.15, -0.1) is 0 Å². The van der Waals surface area contributed by atoms with Crippen molar-refractivity contribution in [1.82, 2.24) is 15.5 Å². The molecular weight excluding hydrogens is 468 g/mol. The highest BCUT2D eigenvalue weighted by molar-refractivity contribution is 5.98. The van der Waals surface area contributed by atoms with Gasteiger partial charge in [-0.05, 0) is 66.4 Å². The minimum absolute atomic E-state index is 0.0404. The number of methoxy groups -OCH3 is 2. The lowest BCUT2D eigenvalue weighted by Crippen LogP contribution is -2.48. The Hall–Kier alpha value is -3.62. The number of hydrogen-bond acceptors (Lipinski definition) is 6. The quantitative estimate of drug-likeness (QED) is 0.392. The summed E-state index contributed by atoms with van der Waals surface area (Å²) < 4.78 is 10.8. The van der Waals surface area contributed by atoms with E-state index in [-0.39, 0.29) is 23.9 Å². The smallest absolute Gasteiger partial charge is 0.251 e. The fourth-order valence-electron chi connectivity index (χ4n) is 4.75. The summed E-state index contributed by atoms with van der Waals surface area (Å²) in [4.78, 5) is 28.2. The molecule has 1 saturated heterocycles. The standard InChI is InChI=1S/C29H36N4O4/c1-36-25-14-20(15-26(17-25)37-2)19-33-13-11-24(32-27(29(33)35)8-5-12-30)18-31-28(34)23-10-9-21-6-3-4-7-22(21)16-23/h3-4,6-7,9-10,14-17,24,27,32H,5,8,11-13,18-19,30H2,1-2H3,(H,31,34)/t24-,27-/m1/s1. The van der Waals surface area contributed by atoms with E-state index in [4.69, 9.17) is 15.2 Å². The molecule has 1 aliphatic heterocycles. The van der Waals surface area contributed by atoms with E-state index in [9.17, 15) is 9.59 Å². The third-order valence-electron chi connectivity index (χ3n) is 6.80. The lowest BCUT2D eigenvalue weighted by molar-refractivity contribution is -0.133. The van der Waals surface area contributed by atoms with Gasteiger partial charge in [-0.25, -0.2) is 0 Å². The maximum absolute atomic E-state index is 13.5. The van der Waals surface area contributed by atoms with Crippen LogP contribution in [0.4, 0.5) is 0 Å². The van der Waals surface area contributed by atoms with Crippen LogP contribution >= 0.6 is 0 Å². The van der Waals surface area contributed by atoms with Crippen LogP contribution < -0.4 is 25.8 Å². The minimum atomic E-state index is -0.360. The molecule has 37 heavy (non-hydrogen) atoms. The van der Waals surface area contributed by atoms with Crippen LogP contribution in [-0.2, 0) is 11.3 Å². The third kappa shape index (κ3) is 6.78. The van der Waals surface area contributed by atoms with Gasteiger partial charge >= 0.3 is 0 Å². The molecule has 4 N–H and O–H groups in total. The predicted molar refractivity (Wildman–Crippen MR) is 145 cm³/mol. The summed E-state index contributed by atoms with van der Waals surface area (Å²) in [6.45, 7) is 1.96. The molecule has 0 unspecified atom stereocenters.